The van der Waals surface area contributed by atoms with Gasteiger partial charge in [0.2, 0.25) is 10.0 Å². The van der Waals surface area contributed by atoms with Gasteiger partial charge < -0.3 is 4.74 Å². The Hall–Kier alpha value is -2.61. The Morgan fingerprint density at radius 2 is 1.71 bits per heavy atom. The number of hydrazine groups is 1. The molecule has 2 aliphatic heterocycles. The molecule has 1 saturated heterocycles. The standard InChI is InChI=1S/C29H34ClN3O5S2.H4N2/c1-17(2)40(36,37)25-9-7-6-8-21(25)27-24(30)16-31-29(32-27)23-14-18(3)26(22-15-19(4)38-28(22)23)20-10-12-33(13-11-20)39(5,34)35;1-2/h6-9,14,16-17,19-20H,10-13,15H2,1-5H3;1-2H2. The van der Waals surface area contributed by atoms with E-state index in [1.807, 2.05) is 13.0 Å². The summed E-state index contributed by atoms with van der Waals surface area (Å²) in [5, 5.41) is -0.349. The lowest BCUT2D eigenvalue weighted by Crippen LogP contribution is -2.37. The first kappa shape index (κ1) is 32.3. The van der Waals surface area contributed by atoms with Gasteiger partial charge in [0.25, 0.3) is 0 Å². The highest BCUT2D eigenvalue weighted by molar-refractivity contribution is 7.92. The van der Waals surface area contributed by atoms with Crippen LogP contribution < -0.4 is 16.4 Å². The molecule has 1 unspecified atom stereocenters. The monoisotopic (exact) mass is 635 g/mol. The Morgan fingerprint density at radius 3 is 2.33 bits per heavy atom. The molecule has 2 aromatic carbocycles. The highest BCUT2D eigenvalue weighted by Crippen LogP contribution is 2.46. The van der Waals surface area contributed by atoms with Crippen LogP contribution in [-0.2, 0) is 26.3 Å². The SMILES string of the molecule is Cc1cc(-c2ncc(Cl)c(-c3ccccc3S(=O)(=O)C(C)C)n2)c2c(c1C1CCN(S(C)(=O)=O)CC1)CC(C)O2.NN. The quantitative estimate of drug-likeness (QED) is 0.298. The van der Waals surface area contributed by atoms with Crippen molar-refractivity contribution in [3.05, 3.63) is 58.2 Å². The van der Waals surface area contributed by atoms with Gasteiger partial charge in [-0.1, -0.05) is 29.8 Å². The first-order chi connectivity index (χ1) is 19.8. The molecule has 3 heterocycles. The van der Waals surface area contributed by atoms with Crippen molar-refractivity contribution in [2.24, 2.45) is 11.7 Å². The van der Waals surface area contributed by atoms with Crippen molar-refractivity contribution in [2.45, 2.75) is 69.1 Å². The summed E-state index contributed by atoms with van der Waals surface area (Å²) in [5.41, 5.74) is 4.92. The summed E-state index contributed by atoms with van der Waals surface area (Å²) in [6.07, 6.45) is 4.97. The number of sulfone groups is 1. The number of aryl methyl sites for hydroxylation is 1. The van der Waals surface area contributed by atoms with Crippen molar-refractivity contribution in [3.63, 3.8) is 0 Å². The lowest BCUT2D eigenvalue weighted by atomic mass is 9.82. The maximum atomic E-state index is 13.1. The second-order valence-corrected chi connectivity index (χ2v) is 15.9. The van der Waals surface area contributed by atoms with E-state index in [0.29, 0.717) is 30.2 Å². The molecule has 1 fully saturated rings. The van der Waals surface area contributed by atoms with Crippen molar-refractivity contribution in [1.82, 2.24) is 14.3 Å². The van der Waals surface area contributed by atoms with Gasteiger partial charge in [-0.15, -0.1) is 0 Å². The van der Waals surface area contributed by atoms with Gasteiger partial charge in [0.05, 0.1) is 38.9 Å². The average Bonchev–Trinajstić information content (AvgIpc) is 3.34. The van der Waals surface area contributed by atoms with Gasteiger partial charge in [-0.25, -0.2) is 31.1 Å². The summed E-state index contributed by atoms with van der Waals surface area (Å²) in [6.45, 7) is 8.38. The van der Waals surface area contributed by atoms with Crippen molar-refractivity contribution < 1.29 is 21.6 Å². The van der Waals surface area contributed by atoms with Crippen LogP contribution in [0.1, 0.15) is 56.2 Å². The Kier molecular flexibility index (Phi) is 9.66. The average molecular weight is 636 g/mol. The lowest BCUT2D eigenvalue weighted by molar-refractivity contribution is 0.255. The maximum absolute atomic E-state index is 13.1. The zero-order chi connectivity index (χ0) is 31.0. The third kappa shape index (κ3) is 6.20. The fraction of sp³-hybridized carbons (Fsp3) is 0.448. The number of piperidine rings is 1. The molecule has 1 atom stereocenters. The fourth-order valence-corrected chi connectivity index (χ4v) is 8.13. The highest BCUT2D eigenvalue weighted by Gasteiger charge is 2.34. The number of hydrogen-bond acceptors (Lipinski definition) is 9. The molecule has 10 nitrogen and oxygen atoms in total. The molecular formula is C29H38ClN5O5S2. The first-order valence-electron chi connectivity index (χ1n) is 13.8. The predicted octanol–water partition coefficient (Wildman–Crippen LogP) is 4.24. The number of nitrogens with two attached hydrogens (primary N) is 2. The molecule has 5 rings (SSSR count). The molecule has 0 amide bonds. The molecule has 3 aromatic rings. The number of ether oxygens (including phenoxy) is 1. The van der Waals surface area contributed by atoms with Crippen LogP contribution in [0.2, 0.25) is 5.02 Å². The third-order valence-corrected chi connectivity index (χ3v) is 11.6. The van der Waals surface area contributed by atoms with Gasteiger partial charge in [-0.3, -0.25) is 11.7 Å². The minimum Gasteiger partial charge on any atom is -0.489 e. The summed E-state index contributed by atoms with van der Waals surface area (Å²) in [6, 6.07) is 8.79. The van der Waals surface area contributed by atoms with Gasteiger partial charge in [0.1, 0.15) is 11.9 Å². The van der Waals surface area contributed by atoms with Gasteiger partial charge in [0, 0.05) is 30.6 Å². The Labute approximate surface area is 253 Å². The van der Waals surface area contributed by atoms with Gasteiger partial charge in [0.15, 0.2) is 15.7 Å². The maximum Gasteiger partial charge on any atom is 0.211 e. The fourth-order valence-electron chi connectivity index (χ4n) is 5.81. The molecule has 0 spiro atoms. The topological polar surface area (TPSA) is 159 Å². The molecule has 0 bridgehead atoms. The van der Waals surface area contributed by atoms with Crippen LogP contribution in [0.15, 0.2) is 41.4 Å². The number of nitrogens with zero attached hydrogens (tertiary/aromatic N) is 3. The molecule has 0 aliphatic carbocycles. The van der Waals surface area contributed by atoms with E-state index >= 15 is 0 Å². The third-order valence-electron chi connectivity index (χ3n) is 7.83. The number of benzene rings is 2. The van der Waals surface area contributed by atoms with E-state index in [-0.39, 0.29) is 21.9 Å². The molecule has 228 valence electrons. The number of fused-ring (bicyclic) bond motifs is 1. The summed E-state index contributed by atoms with van der Waals surface area (Å²) < 4.78 is 58.2. The summed E-state index contributed by atoms with van der Waals surface area (Å²) in [4.78, 5) is 9.53. The number of hydrogen-bond donors (Lipinski definition) is 2. The van der Waals surface area contributed by atoms with E-state index in [1.165, 1.54) is 18.0 Å². The van der Waals surface area contributed by atoms with Crippen LogP contribution in [0, 0.1) is 6.92 Å². The number of rotatable bonds is 6. The summed E-state index contributed by atoms with van der Waals surface area (Å²) in [7, 11) is -6.80. The Morgan fingerprint density at radius 1 is 1.07 bits per heavy atom. The van der Waals surface area contributed by atoms with E-state index in [2.05, 4.69) is 23.6 Å². The van der Waals surface area contributed by atoms with Crippen LogP contribution in [0.25, 0.3) is 22.6 Å². The van der Waals surface area contributed by atoms with Crippen LogP contribution in [0.3, 0.4) is 0 Å². The van der Waals surface area contributed by atoms with Crippen LogP contribution in [0.5, 0.6) is 5.75 Å². The molecule has 42 heavy (non-hydrogen) atoms. The van der Waals surface area contributed by atoms with Crippen LogP contribution >= 0.6 is 11.6 Å². The summed E-state index contributed by atoms with van der Waals surface area (Å²) in [5.74, 6) is 9.36. The van der Waals surface area contributed by atoms with Gasteiger partial charge >= 0.3 is 0 Å². The zero-order valence-electron chi connectivity index (χ0n) is 24.5. The summed E-state index contributed by atoms with van der Waals surface area (Å²) >= 11 is 6.56. The number of aromatic nitrogens is 2. The van der Waals surface area contributed by atoms with Crippen molar-refractivity contribution in [2.75, 3.05) is 19.3 Å². The second kappa shape index (κ2) is 12.6. The van der Waals surface area contributed by atoms with Gasteiger partial charge in [-0.2, -0.15) is 0 Å². The first-order valence-corrected chi connectivity index (χ1v) is 17.5. The normalized spacial score (nSPS) is 17.9. The van der Waals surface area contributed by atoms with Crippen molar-refractivity contribution >= 4 is 31.5 Å². The largest absolute Gasteiger partial charge is 0.489 e. The van der Waals surface area contributed by atoms with E-state index in [0.717, 1.165) is 41.7 Å². The Bertz CT molecular complexity index is 1690. The van der Waals surface area contributed by atoms with Crippen LogP contribution in [0.4, 0.5) is 0 Å². The molecule has 0 radical (unpaired) electrons. The molecular weight excluding hydrogens is 598 g/mol. The molecule has 0 saturated carbocycles. The molecule has 4 N–H and O–H groups in total. The van der Waals surface area contributed by atoms with Crippen molar-refractivity contribution in [3.8, 4) is 28.4 Å². The van der Waals surface area contributed by atoms with E-state index < -0.39 is 25.1 Å². The Balaban J connectivity index is 0.00000198. The predicted molar refractivity (Wildman–Crippen MR) is 166 cm³/mol. The molecule has 1 aromatic heterocycles. The van der Waals surface area contributed by atoms with Crippen molar-refractivity contribution in [1.29, 1.82) is 0 Å². The number of halogens is 1. The van der Waals surface area contributed by atoms with Gasteiger partial charge in [-0.05, 0) is 69.7 Å². The number of sulfonamides is 1. The van der Waals surface area contributed by atoms with E-state index in [4.69, 9.17) is 21.3 Å². The van der Waals surface area contributed by atoms with E-state index in [9.17, 15) is 16.8 Å². The van der Waals surface area contributed by atoms with Crippen LogP contribution in [-0.4, -0.2) is 61.8 Å². The second-order valence-electron chi connectivity index (χ2n) is 11.0. The zero-order valence-corrected chi connectivity index (χ0v) is 26.9. The minimum absolute atomic E-state index is 0.0333. The minimum atomic E-state index is -3.59. The highest BCUT2D eigenvalue weighted by atomic mass is 35.5. The lowest BCUT2D eigenvalue weighted by Gasteiger charge is -2.32. The molecule has 2 aliphatic rings. The smallest absolute Gasteiger partial charge is 0.211 e. The van der Waals surface area contributed by atoms with E-state index in [1.54, 1.807) is 42.4 Å². The molecule has 13 heteroatoms.